The molecule has 1 amide bonds. The van der Waals surface area contributed by atoms with Crippen molar-refractivity contribution in [1.82, 2.24) is 0 Å². The second-order valence-corrected chi connectivity index (χ2v) is 5.74. The number of rotatable bonds is 2. The monoisotopic (exact) mass is 320 g/mol. The van der Waals surface area contributed by atoms with Gasteiger partial charge in [0.25, 0.3) is 5.91 Å². The first-order chi connectivity index (χ1) is 10.1. The SMILES string of the molecule is O=C(Nc1ccc2c(c1)NCCC2)c1cccc(Cl)c1Cl. The van der Waals surface area contributed by atoms with Crippen molar-refractivity contribution in [2.75, 3.05) is 17.2 Å². The van der Waals surface area contributed by atoms with Crippen molar-refractivity contribution in [3.05, 3.63) is 57.6 Å². The lowest BCUT2D eigenvalue weighted by atomic mass is 10.0. The zero-order valence-electron chi connectivity index (χ0n) is 11.2. The summed E-state index contributed by atoms with van der Waals surface area (Å²) in [6.07, 6.45) is 2.20. The van der Waals surface area contributed by atoms with E-state index in [-0.39, 0.29) is 10.9 Å². The summed E-state index contributed by atoms with van der Waals surface area (Å²) >= 11 is 12.0. The number of benzene rings is 2. The van der Waals surface area contributed by atoms with E-state index in [2.05, 4.69) is 10.6 Å². The zero-order valence-corrected chi connectivity index (χ0v) is 12.8. The summed E-state index contributed by atoms with van der Waals surface area (Å²) in [6, 6.07) is 10.9. The normalized spacial score (nSPS) is 13.2. The van der Waals surface area contributed by atoms with Crippen LogP contribution in [0.5, 0.6) is 0 Å². The highest BCUT2D eigenvalue weighted by Gasteiger charge is 2.14. The van der Waals surface area contributed by atoms with Gasteiger partial charge in [0.2, 0.25) is 0 Å². The summed E-state index contributed by atoms with van der Waals surface area (Å²) in [5.41, 5.74) is 3.47. The number of aryl methyl sites for hydroxylation is 1. The standard InChI is InChI=1S/C16H14Cl2N2O/c17-13-5-1-4-12(15(13)18)16(21)20-11-7-6-10-3-2-8-19-14(10)9-11/h1,4-7,9,19H,2-3,8H2,(H,20,21). The maximum absolute atomic E-state index is 12.3. The number of carbonyl (C=O) groups excluding carboxylic acids is 1. The van der Waals surface area contributed by atoms with E-state index in [1.165, 1.54) is 5.56 Å². The minimum Gasteiger partial charge on any atom is -0.385 e. The molecule has 108 valence electrons. The summed E-state index contributed by atoms with van der Waals surface area (Å²) in [7, 11) is 0. The molecule has 0 saturated heterocycles. The summed E-state index contributed by atoms with van der Waals surface area (Å²) in [6.45, 7) is 0.963. The van der Waals surface area contributed by atoms with Crippen LogP contribution in [0, 0.1) is 0 Å². The number of fused-ring (bicyclic) bond motifs is 1. The van der Waals surface area contributed by atoms with Crippen molar-refractivity contribution in [3.63, 3.8) is 0 Å². The van der Waals surface area contributed by atoms with E-state index in [4.69, 9.17) is 23.2 Å². The fourth-order valence-electron chi connectivity index (χ4n) is 2.42. The molecule has 0 atom stereocenters. The Hall–Kier alpha value is -1.71. The molecule has 0 aromatic heterocycles. The summed E-state index contributed by atoms with van der Waals surface area (Å²) < 4.78 is 0. The first-order valence-electron chi connectivity index (χ1n) is 6.77. The van der Waals surface area contributed by atoms with Gasteiger partial charge in [0.15, 0.2) is 0 Å². The summed E-state index contributed by atoms with van der Waals surface area (Å²) in [4.78, 5) is 12.3. The van der Waals surface area contributed by atoms with Gasteiger partial charge in [-0.15, -0.1) is 0 Å². The third kappa shape index (κ3) is 2.99. The Labute approximate surface area is 133 Å². The van der Waals surface area contributed by atoms with Crippen LogP contribution < -0.4 is 10.6 Å². The van der Waals surface area contributed by atoms with E-state index in [0.717, 1.165) is 30.8 Å². The molecule has 5 heteroatoms. The van der Waals surface area contributed by atoms with E-state index in [1.807, 2.05) is 18.2 Å². The minimum atomic E-state index is -0.266. The van der Waals surface area contributed by atoms with Crippen molar-refractivity contribution in [2.45, 2.75) is 12.8 Å². The van der Waals surface area contributed by atoms with Gasteiger partial charge in [-0.1, -0.05) is 35.3 Å². The fraction of sp³-hybridized carbons (Fsp3) is 0.188. The second-order valence-electron chi connectivity index (χ2n) is 4.96. The maximum Gasteiger partial charge on any atom is 0.257 e. The Morgan fingerprint density at radius 3 is 2.90 bits per heavy atom. The van der Waals surface area contributed by atoms with Crippen LogP contribution in [0.4, 0.5) is 11.4 Å². The topological polar surface area (TPSA) is 41.1 Å². The Bertz CT molecular complexity index is 701. The van der Waals surface area contributed by atoms with Crippen LogP contribution in [0.2, 0.25) is 10.0 Å². The van der Waals surface area contributed by atoms with Crippen LogP contribution in [0.3, 0.4) is 0 Å². The molecule has 2 aromatic rings. The number of hydrogen-bond donors (Lipinski definition) is 2. The molecule has 1 aliphatic rings. The van der Waals surface area contributed by atoms with Crippen LogP contribution >= 0.6 is 23.2 Å². The predicted octanol–water partition coefficient (Wildman–Crippen LogP) is 4.60. The third-order valence-electron chi connectivity index (χ3n) is 3.50. The van der Waals surface area contributed by atoms with Gasteiger partial charge in [0, 0.05) is 17.9 Å². The lowest BCUT2D eigenvalue weighted by Gasteiger charge is -2.19. The first kappa shape index (κ1) is 14.2. The van der Waals surface area contributed by atoms with Crippen molar-refractivity contribution < 1.29 is 4.79 Å². The third-order valence-corrected chi connectivity index (χ3v) is 4.32. The van der Waals surface area contributed by atoms with E-state index in [0.29, 0.717) is 10.6 Å². The van der Waals surface area contributed by atoms with Gasteiger partial charge in [-0.05, 0) is 42.7 Å². The largest absolute Gasteiger partial charge is 0.385 e. The van der Waals surface area contributed by atoms with Crippen molar-refractivity contribution >= 4 is 40.5 Å². The van der Waals surface area contributed by atoms with E-state index < -0.39 is 0 Å². The zero-order chi connectivity index (χ0) is 14.8. The number of anilines is 2. The molecular weight excluding hydrogens is 307 g/mol. The molecule has 0 radical (unpaired) electrons. The van der Waals surface area contributed by atoms with Gasteiger partial charge < -0.3 is 10.6 Å². The molecule has 0 fully saturated rings. The molecule has 3 rings (SSSR count). The minimum absolute atomic E-state index is 0.266. The molecule has 0 aliphatic carbocycles. The number of nitrogens with one attached hydrogen (secondary N) is 2. The van der Waals surface area contributed by atoms with Gasteiger partial charge in [-0.3, -0.25) is 4.79 Å². The highest BCUT2D eigenvalue weighted by molar-refractivity contribution is 6.44. The quantitative estimate of drug-likeness (QED) is 0.848. The van der Waals surface area contributed by atoms with E-state index in [9.17, 15) is 4.79 Å². The average molecular weight is 321 g/mol. The first-order valence-corrected chi connectivity index (χ1v) is 7.53. The van der Waals surface area contributed by atoms with Crippen molar-refractivity contribution in [1.29, 1.82) is 0 Å². The smallest absolute Gasteiger partial charge is 0.257 e. The Morgan fingerprint density at radius 2 is 2.05 bits per heavy atom. The fourth-order valence-corrected chi connectivity index (χ4v) is 2.80. The molecule has 2 N–H and O–H groups in total. The van der Waals surface area contributed by atoms with Gasteiger partial charge in [0.05, 0.1) is 15.6 Å². The molecule has 0 bridgehead atoms. The van der Waals surface area contributed by atoms with Crippen LogP contribution in [0.15, 0.2) is 36.4 Å². The number of carbonyl (C=O) groups is 1. The van der Waals surface area contributed by atoms with Crippen LogP contribution in [-0.4, -0.2) is 12.5 Å². The summed E-state index contributed by atoms with van der Waals surface area (Å²) in [5.74, 6) is -0.266. The molecule has 0 saturated carbocycles. The number of amides is 1. The second kappa shape index (κ2) is 5.96. The molecule has 3 nitrogen and oxygen atoms in total. The van der Waals surface area contributed by atoms with E-state index >= 15 is 0 Å². The molecule has 1 aliphatic heterocycles. The van der Waals surface area contributed by atoms with Crippen LogP contribution in [-0.2, 0) is 6.42 Å². The van der Waals surface area contributed by atoms with Gasteiger partial charge in [-0.25, -0.2) is 0 Å². The average Bonchev–Trinajstić information content (AvgIpc) is 2.50. The molecule has 0 unspecified atom stereocenters. The van der Waals surface area contributed by atoms with Crippen LogP contribution in [0.1, 0.15) is 22.3 Å². The lowest BCUT2D eigenvalue weighted by Crippen LogP contribution is -2.15. The molecular formula is C16H14Cl2N2O. The lowest BCUT2D eigenvalue weighted by molar-refractivity contribution is 0.102. The molecule has 2 aromatic carbocycles. The highest BCUT2D eigenvalue weighted by Crippen LogP contribution is 2.28. The van der Waals surface area contributed by atoms with Crippen molar-refractivity contribution in [3.8, 4) is 0 Å². The summed E-state index contributed by atoms with van der Waals surface area (Å²) in [5, 5.41) is 6.84. The van der Waals surface area contributed by atoms with Gasteiger partial charge >= 0.3 is 0 Å². The molecule has 0 spiro atoms. The number of halogens is 2. The maximum atomic E-state index is 12.3. The molecule has 1 heterocycles. The highest BCUT2D eigenvalue weighted by atomic mass is 35.5. The Morgan fingerprint density at radius 1 is 1.19 bits per heavy atom. The van der Waals surface area contributed by atoms with Gasteiger partial charge in [-0.2, -0.15) is 0 Å². The Kier molecular flexibility index (Phi) is 4.04. The van der Waals surface area contributed by atoms with E-state index in [1.54, 1.807) is 18.2 Å². The molecule has 21 heavy (non-hydrogen) atoms. The predicted molar refractivity (Wildman–Crippen MR) is 87.7 cm³/mol. The van der Waals surface area contributed by atoms with Crippen LogP contribution in [0.25, 0.3) is 0 Å². The number of hydrogen-bond acceptors (Lipinski definition) is 2. The van der Waals surface area contributed by atoms with Gasteiger partial charge in [0.1, 0.15) is 0 Å². The Balaban J connectivity index is 1.83. The van der Waals surface area contributed by atoms with Crippen molar-refractivity contribution in [2.24, 2.45) is 0 Å².